The summed E-state index contributed by atoms with van der Waals surface area (Å²) in [7, 11) is 0. The lowest BCUT2D eigenvalue weighted by Gasteiger charge is -2.04. The molecule has 132 valence electrons. The van der Waals surface area contributed by atoms with Gasteiger partial charge in [-0.05, 0) is 42.2 Å². The van der Waals surface area contributed by atoms with Crippen LogP contribution in [-0.4, -0.2) is 19.1 Å². The highest BCUT2D eigenvalue weighted by molar-refractivity contribution is 5.82. The van der Waals surface area contributed by atoms with Gasteiger partial charge in [0.25, 0.3) is 0 Å². The van der Waals surface area contributed by atoms with Gasteiger partial charge in [0.05, 0.1) is 12.0 Å². The maximum Gasteiger partial charge on any atom is 0.212 e. The lowest BCUT2D eigenvalue weighted by Crippen LogP contribution is -1.97. The molecule has 0 saturated carbocycles. The Hall–Kier alpha value is -2.95. The van der Waals surface area contributed by atoms with Crippen LogP contribution in [0.5, 0.6) is 0 Å². The minimum atomic E-state index is -0.469. The van der Waals surface area contributed by atoms with Crippen molar-refractivity contribution in [1.29, 1.82) is 0 Å². The fourth-order valence-corrected chi connectivity index (χ4v) is 3.19. The first-order valence-corrected chi connectivity index (χ1v) is 8.96. The molecule has 0 unspecified atom stereocenters. The summed E-state index contributed by atoms with van der Waals surface area (Å²) in [5.41, 5.74) is 1.67. The smallest absolute Gasteiger partial charge is 0.212 e. The normalized spacial score (nSPS) is 11.3. The summed E-state index contributed by atoms with van der Waals surface area (Å²) in [5.74, 6) is -0.469. The Labute approximate surface area is 151 Å². The van der Waals surface area contributed by atoms with Crippen LogP contribution in [0, 0.1) is 5.95 Å². The Bertz CT molecular complexity index is 952. The van der Waals surface area contributed by atoms with Crippen molar-refractivity contribution in [3.05, 3.63) is 73.5 Å². The Morgan fingerprint density at radius 1 is 0.769 bits per heavy atom. The minimum Gasteiger partial charge on any atom is -0.353 e. The fourth-order valence-electron chi connectivity index (χ4n) is 3.19. The highest BCUT2D eigenvalue weighted by atomic mass is 19.1. The van der Waals surface area contributed by atoms with Crippen molar-refractivity contribution in [2.75, 3.05) is 0 Å². The van der Waals surface area contributed by atoms with E-state index in [2.05, 4.69) is 55.8 Å². The zero-order valence-corrected chi connectivity index (χ0v) is 14.6. The van der Waals surface area contributed by atoms with Crippen molar-refractivity contribution in [3.63, 3.8) is 0 Å². The van der Waals surface area contributed by atoms with Crippen LogP contribution in [0.1, 0.15) is 19.3 Å². The second-order valence-corrected chi connectivity index (χ2v) is 6.55. The number of pyridine rings is 1. The summed E-state index contributed by atoms with van der Waals surface area (Å²) in [6.07, 6.45) is 13.2. The first-order chi connectivity index (χ1) is 12.8. The summed E-state index contributed by atoms with van der Waals surface area (Å²) < 4.78 is 17.3. The van der Waals surface area contributed by atoms with E-state index in [0.29, 0.717) is 0 Å². The predicted octanol–water partition coefficient (Wildman–Crippen LogP) is 4.91. The van der Waals surface area contributed by atoms with Crippen LogP contribution in [-0.2, 0) is 13.1 Å². The molecule has 4 rings (SSSR count). The third-order valence-corrected chi connectivity index (χ3v) is 4.59. The van der Waals surface area contributed by atoms with E-state index in [4.69, 9.17) is 0 Å². The van der Waals surface area contributed by atoms with Crippen molar-refractivity contribution in [2.24, 2.45) is 0 Å². The molecular weight excluding hydrogens is 327 g/mol. The van der Waals surface area contributed by atoms with Crippen molar-refractivity contribution >= 4 is 10.8 Å². The number of benzene rings is 1. The topological polar surface area (TPSA) is 35.6 Å². The molecule has 0 fully saturated rings. The monoisotopic (exact) mass is 348 g/mol. The molecule has 0 aliphatic heterocycles. The Morgan fingerprint density at radius 3 is 2.19 bits per heavy atom. The van der Waals surface area contributed by atoms with Crippen LogP contribution in [0.3, 0.4) is 0 Å². The number of nitrogens with zero attached hydrogens (tertiary/aromatic N) is 4. The quantitative estimate of drug-likeness (QED) is 0.351. The number of fused-ring (bicyclic) bond motifs is 1. The standard InChI is InChI=1S/C21H21FN4/c22-21-9-8-17(12-23-21)20-15-26(16-24-20)11-5-1-4-10-25-13-18-6-2-3-7-19(18)14-25/h2-3,6-9,12-16H,1,4-5,10-11H2. The van der Waals surface area contributed by atoms with E-state index < -0.39 is 5.95 Å². The van der Waals surface area contributed by atoms with Crippen LogP contribution in [0.25, 0.3) is 22.0 Å². The summed E-state index contributed by atoms with van der Waals surface area (Å²) in [6.45, 7) is 1.99. The van der Waals surface area contributed by atoms with E-state index in [1.807, 2.05) is 12.5 Å². The van der Waals surface area contributed by atoms with Gasteiger partial charge < -0.3 is 9.13 Å². The fraction of sp³-hybridized carbons (Fsp3) is 0.238. The maximum absolute atomic E-state index is 12.9. The first kappa shape index (κ1) is 16.5. The number of halogens is 1. The molecule has 5 heteroatoms. The second-order valence-electron chi connectivity index (χ2n) is 6.55. The van der Waals surface area contributed by atoms with Crippen LogP contribution >= 0.6 is 0 Å². The van der Waals surface area contributed by atoms with Crippen LogP contribution < -0.4 is 0 Å². The molecule has 3 heterocycles. The lowest BCUT2D eigenvalue weighted by atomic mass is 10.2. The molecule has 0 atom stereocenters. The summed E-state index contributed by atoms with van der Waals surface area (Å²) in [6, 6.07) is 11.5. The summed E-state index contributed by atoms with van der Waals surface area (Å²) in [5, 5.41) is 2.60. The number of aryl methyl sites for hydroxylation is 2. The molecule has 0 N–H and O–H groups in total. The molecule has 1 aromatic carbocycles. The number of unbranched alkanes of at least 4 members (excludes halogenated alkanes) is 2. The predicted molar refractivity (Wildman–Crippen MR) is 101 cm³/mol. The third-order valence-electron chi connectivity index (χ3n) is 4.59. The number of imidazole rings is 1. The highest BCUT2D eigenvalue weighted by Gasteiger charge is 2.03. The number of aromatic nitrogens is 4. The molecule has 26 heavy (non-hydrogen) atoms. The van der Waals surface area contributed by atoms with Gasteiger partial charge in [-0.15, -0.1) is 0 Å². The molecule has 0 bridgehead atoms. The zero-order chi connectivity index (χ0) is 17.8. The van der Waals surface area contributed by atoms with Crippen LogP contribution in [0.2, 0.25) is 0 Å². The Kier molecular flexibility index (Phi) is 4.78. The van der Waals surface area contributed by atoms with E-state index in [1.165, 1.54) is 29.5 Å². The van der Waals surface area contributed by atoms with Gasteiger partial charge in [-0.3, -0.25) is 0 Å². The number of hydrogen-bond donors (Lipinski definition) is 0. The largest absolute Gasteiger partial charge is 0.353 e. The van der Waals surface area contributed by atoms with E-state index >= 15 is 0 Å². The number of rotatable bonds is 7. The Morgan fingerprint density at radius 2 is 1.50 bits per heavy atom. The van der Waals surface area contributed by atoms with Crippen molar-refractivity contribution < 1.29 is 4.39 Å². The molecular formula is C21H21FN4. The van der Waals surface area contributed by atoms with Gasteiger partial charge in [0.2, 0.25) is 5.95 Å². The minimum absolute atomic E-state index is 0.469. The first-order valence-electron chi connectivity index (χ1n) is 8.96. The van der Waals surface area contributed by atoms with Crippen LogP contribution in [0.4, 0.5) is 4.39 Å². The van der Waals surface area contributed by atoms with E-state index in [0.717, 1.165) is 37.2 Å². The SMILES string of the molecule is Fc1ccc(-c2cn(CCCCCn3cc4ccccc4c3)cn2)cn1. The van der Waals surface area contributed by atoms with Gasteiger partial charge >= 0.3 is 0 Å². The molecule has 0 spiro atoms. The molecule has 4 nitrogen and oxygen atoms in total. The number of hydrogen-bond acceptors (Lipinski definition) is 2. The molecule has 0 aliphatic rings. The second kappa shape index (κ2) is 7.52. The van der Waals surface area contributed by atoms with Crippen molar-refractivity contribution in [1.82, 2.24) is 19.1 Å². The van der Waals surface area contributed by atoms with Gasteiger partial charge in [0, 0.05) is 43.4 Å². The lowest BCUT2D eigenvalue weighted by molar-refractivity contribution is 0.547. The van der Waals surface area contributed by atoms with Crippen LogP contribution in [0.15, 0.2) is 67.5 Å². The average molecular weight is 348 g/mol. The molecule has 0 saturated heterocycles. The molecule has 0 radical (unpaired) electrons. The Balaban J connectivity index is 1.24. The highest BCUT2D eigenvalue weighted by Crippen LogP contribution is 2.17. The molecule has 0 aliphatic carbocycles. The van der Waals surface area contributed by atoms with Gasteiger partial charge in [-0.1, -0.05) is 24.3 Å². The summed E-state index contributed by atoms with van der Waals surface area (Å²) in [4.78, 5) is 8.06. The van der Waals surface area contributed by atoms with E-state index in [1.54, 1.807) is 6.07 Å². The van der Waals surface area contributed by atoms with Gasteiger partial charge in [0.1, 0.15) is 0 Å². The molecule has 0 amide bonds. The zero-order valence-electron chi connectivity index (χ0n) is 14.6. The summed E-state index contributed by atoms with van der Waals surface area (Å²) >= 11 is 0. The molecule has 4 aromatic rings. The van der Waals surface area contributed by atoms with Gasteiger partial charge in [0.15, 0.2) is 0 Å². The van der Waals surface area contributed by atoms with Crippen molar-refractivity contribution in [2.45, 2.75) is 32.4 Å². The van der Waals surface area contributed by atoms with E-state index in [9.17, 15) is 4.39 Å². The van der Waals surface area contributed by atoms with Gasteiger partial charge in [-0.2, -0.15) is 4.39 Å². The van der Waals surface area contributed by atoms with Crippen molar-refractivity contribution in [3.8, 4) is 11.3 Å². The van der Waals surface area contributed by atoms with E-state index in [-0.39, 0.29) is 0 Å². The average Bonchev–Trinajstić information content (AvgIpc) is 3.28. The molecule has 3 aromatic heterocycles. The third kappa shape index (κ3) is 3.82. The maximum atomic E-state index is 12.9. The van der Waals surface area contributed by atoms with Gasteiger partial charge in [-0.25, -0.2) is 9.97 Å².